The number of fused-ring (bicyclic) bond motifs is 1. The highest BCUT2D eigenvalue weighted by atomic mass is 16.5. The van der Waals surface area contributed by atoms with E-state index >= 15 is 0 Å². The smallest absolute Gasteiger partial charge is 0.267 e. The first kappa shape index (κ1) is 19.2. The SMILES string of the molecule is Cc1nc2ccncc2c(=O)n1-c1ccc(OC2CCN(C3CCCC3)CC2)cc1. The summed E-state index contributed by atoms with van der Waals surface area (Å²) >= 11 is 0. The van der Waals surface area contributed by atoms with Gasteiger partial charge < -0.3 is 9.64 Å². The van der Waals surface area contributed by atoms with E-state index in [2.05, 4.69) is 14.9 Å². The highest BCUT2D eigenvalue weighted by Gasteiger charge is 2.27. The van der Waals surface area contributed by atoms with Gasteiger partial charge in [-0.15, -0.1) is 0 Å². The Morgan fingerprint density at radius 2 is 1.73 bits per heavy atom. The van der Waals surface area contributed by atoms with Crippen LogP contribution in [-0.2, 0) is 0 Å². The Bertz CT molecular complexity index is 1080. The summed E-state index contributed by atoms with van der Waals surface area (Å²) in [5.41, 5.74) is 1.37. The van der Waals surface area contributed by atoms with Crippen LogP contribution in [0.5, 0.6) is 5.75 Å². The third-order valence-corrected chi connectivity index (χ3v) is 6.55. The highest BCUT2D eigenvalue weighted by molar-refractivity contribution is 5.76. The van der Waals surface area contributed by atoms with Gasteiger partial charge in [0.25, 0.3) is 5.56 Å². The van der Waals surface area contributed by atoms with Crippen molar-refractivity contribution >= 4 is 10.9 Å². The lowest BCUT2D eigenvalue weighted by molar-refractivity contribution is 0.0768. The van der Waals surface area contributed by atoms with E-state index in [9.17, 15) is 4.79 Å². The van der Waals surface area contributed by atoms with Gasteiger partial charge in [0.15, 0.2) is 0 Å². The predicted octanol–water partition coefficient (Wildman–Crippen LogP) is 3.87. The van der Waals surface area contributed by atoms with E-state index in [1.807, 2.05) is 31.2 Å². The Morgan fingerprint density at radius 1 is 1.00 bits per heavy atom. The number of likely N-dealkylation sites (tertiary alicyclic amines) is 1. The fourth-order valence-electron chi connectivity index (χ4n) is 4.94. The van der Waals surface area contributed by atoms with Gasteiger partial charge in [0, 0.05) is 31.5 Å². The van der Waals surface area contributed by atoms with Crippen LogP contribution < -0.4 is 10.3 Å². The normalized spacial score (nSPS) is 18.8. The summed E-state index contributed by atoms with van der Waals surface area (Å²) in [6.07, 6.45) is 11.2. The quantitative estimate of drug-likeness (QED) is 0.661. The molecule has 0 amide bonds. The Morgan fingerprint density at radius 3 is 2.47 bits per heavy atom. The molecule has 3 aromatic rings. The van der Waals surface area contributed by atoms with E-state index in [4.69, 9.17) is 4.74 Å². The molecule has 6 heteroatoms. The maximum Gasteiger partial charge on any atom is 0.267 e. The lowest BCUT2D eigenvalue weighted by Gasteiger charge is -2.36. The number of nitrogens with zero attached hydrogens (tertiary/aromatic N) is 4. The fraction of sp³-hybridized carbons (Fsp3) is 0.458. The zero-order valence-electron chi connectivity index (χ0n) is 17.5. The molecule has 2 aromatic heterocycles. The van der Waals surface area contributed by atoms with Gasteiger partial charge in [-0.1, -0.05) is 12.8 Å². The van der Waals surface area contributed by atoms with E-state index in [-0.39, 0.29) is 11.7 Å². The first-order chi connectivity index (χ1) is 14.7. The third kappa shape index (κ3) is 3.72. The molecule has 1 aromatic carbocycles. The largest absolute Gasteiger partial charge is 0.490 e. The first-order valence-corrected chi connectivity index (χ1v) is 11.0. The number of aryl methyl sites for hydroxylation is 1. The van der Waals surface area contributed by atoms with E-state index in [1.165, 1.54) is 25.7 Å². The van der Waals surface area contributed by atoms with Gasteiger partial charge in [-0.2, -0.15) is 0 Å². The van der Waals surface area contributed by atoms with Crippen LogP contribution >= 0.6 is 0 Å². The maximum absolute atomic E-state index is 12.9. The molecule has 0 spiro atoms. The van der Waals surface area contributed by atoms with Crippen molar-refractivity contribution in [1.82, 2.24) is 19.4 Å². The summed E-state index contributed by atoms with van der Waals surface area (Å²) in [6, 6.07) is 10.3. The summed E-state index contributed by atoms with van der Waals surface area (Å²) < 4.78 is 7.88. The molecule has 1 saturated carbocycles. The number of ether oxygens (including phenoxy) is 1. The number of aromatic nitrogens is 3. The van der Waals surface area contributed by atoms with Gasteiger partial charge in [-0.25, -0.2) is 4.98 Å². The molecule has 156 valence electrons. The van der Waals surface area contributed by atoms with Crippen LogP contribution in [0.25, 0.3) is 16.6 Å². The zero-order valence-corrected chi connectivity index (χ0v) is 17.5. The van der Waals surface area contributed by atoms with Gasteiger partial charge in [-0.3, -0.25) is 14.3 Å². The summed E-state index contributed by atoms with van der Waals surface area (Å²) in [6.45, 7) is 4.13. The first-order valence-electron chi connectivity index (χ1n) is 11.0. The molecule has 0 atom stereocenters. The van der Waals surface area contributed by atoms with Crippen molar-refractivity contribution in [3.63, 3.8) is 0 Å². The summed E-state index contributed by atoms with van der Waals surface area (Å²) in [4.78, 5) is 24.2. The lowest BCUT2D eigenvalue weighted by Crippen LogP contribution is -2.43. The summed E-state index contributed by atoms with van der Waals surface area (Å²) in [5, 5.41) is 0.525. The number of pyridine rings is 1. The highest BCUT2D eigenvalue weighted by Crippen LogP contribution is 2.27. The molecule has 0 radical (unpaired) electrons. The number of hydrogen-bond acceptors (Lipinski definition) is 5. The van der Waals surface area contributed by atoms with E-state index in [0.29, 0.717) is 16.7 Å². The Labute approximate surface area is 176 Å². The molecule has 6 nitrogen and oxygen atoms in total. The lowest BCUT2D eigenvalue weighted by atomic mass is 10.0. The summed E-state index contributed by atoms with van der Waals surface area (Å²) in [5.74, 6) is 1.52. The predicted molar refractivity (Wildman–Crippen MR) is 117 cm³/mol. The molecule has 1 saturated heterocycles. The second-order valence-corrected chi connectivity index (χ2v) is 8.48. The maximum atomic E-state index is 12.9. The van der Waals surface area contributed by atoms with Gasteiger partial charge >= 0.3 is 0 Å². The van der Waals surface area contributed by atoms with Crippen molar-refractivity contribution in [3.05, 3.63) is 58.9 Å². The minimum atomic E-state index is -0.0986. The van der Waals surface area contributed by atoms with Crippen LogP contribution in [0.4, 0.5) is 0 Å². The number of rotatable bonds is 4. The van der Waals surface area contributed by atoms with Crippen LogP contribution in [0.2, 0.25) is 0 Å². The van der Waals surface area contributed by atoms with Crippen molar-refractivity contribution in [2.75, 3.05) is 13.1 Å². The van der Waals surface area contributed by atoms with Crippen molar-refractivity contribution < 1.29 is 4.74 Å². The second-order valence-electron chi connectivity index (χ2n) is 8.48. The number of benzene rings is 1. The average Bonchev–Trinajstić information content (AvgIpc) is 3.30. The molecule has 2 aliphatic rings. The number of hydrogen-bond donors (Lipinski definition) is 0. The molecule has 1 aliphatic heterocycles. The summed E-state index contributed by atoms with van der Waals surface area (Å²) in [7, 11) is 0. The molecule has 3 heterocycles. The average molecular weight is 405 g/mol. The Hall–Kier alpha value is -2.73. The Balaban J connectivity index is 1.29. The second kappa shape index (κ2) is 8.19. The molecule has 0 bridgehead atoms. The minimum Gasteiger partial charge on any atom is -0.490 e. The van der Waals surface area contributed by atoms with Crippen molar-refractivity contribution in [2.24, 2.45) is 0 Å². The fourth-order valence-corrected chi connectivity index (χ4v) is 4.94. The monoisotopic (exact) mass is 404 g/mol. The van der Waals surface area contributed by atoms with Crippen LogP contribution in [0, 0.1) is 6.92 Å². The van der Waals surface area contributed by atoms with Gasteiger partial charge in [0.1, 0.15) is 17.7 Å². The zero-order chi connectivity index (χ0) is 20.5. The molecule has 30 heavy (non-hydrogen) atoms. The van der Waals surface area contributed by atoms with Gasteiger partial charge in [-0.05, 0) is 62.9 Å². The van der Waals surface area contributed by atoms with E-state index in [1.54, 1.807) is 23.0 Å². The van der Waals surface area contributed by atoms with Crippen LogP contribution in [0.3, 0.4) is 0 Å². The van der Waals surface area contributed by atoms with Gasteiger partial charge in [0.05, 0.1) is 16.6 Å². The van der Waals surface area contributed by atoms with E-state index in [0.717, 1.165) is 43.4 Å². The molecule has 5 rings (SSSR count). The number of piperidine rings is 1. The standard InChI is InChI=1S/C24H28N4O2/c1-17-26-23-10-13-25-16-22(23)24(29)28(17)19-6-8-20(9-7-19)30-21-11-14-27(15-12-21)18-4-2-3-5-18/h6-10,13,16,18,21H,2-5,11-12,14-15H2,1H3. The molecule has 0 unspecified atom stereocenters. The van der Waals surface area contributed by atoms with Crippen molar-refractivity contribution in [1.29, 1.82) is 0 Å². The van der Waals surface area contributed by atoms with Crippen LogP contribution in [0.15, 0.2) is 47.5 Å². The van der Waals surface area contributed by atoms with Crippen LogP contribution in [0.1, 0.15) is 44.3 Å². The molecule has 0 N–H and O–H groups in total. The molecular formula is C24H28N4O2. The topological polar surface area (TPSA) is 60.3 Å². The van der Waals surface area contributed by atoms with Crippen LogP contribution in [-0.4, -0.2) is 44.7 Å². The minimum absolute atomic E-state index is 0.0986. The van der Waals surface area contributed by atoms with Gasteiger partial charge in [0.2, 0.25) is 0 Å². The van der Waals surface area contributed by atoms with Crippen molar-refractivity contribution in [2.45, 2.75) is 57.6 Å². The molecule has 2 fully saturated rings. The Kier molecular flexibility index (Phi) is 5.25. The third-order valence-electron chi connectivity index (χ3n) is 6.55. The van der Waals surface area contributed by atoms with Crippen molar-refractivity contribution in [3.8, 4) is 11.4 Å². The molecular weight excluding hydrogens is 376 g/mol. The van der Waals surface area contributed by atoms with E-state index < -0.39 is 0 Å². The molecule has 1 aliphatic carbocycles.